The number of benzene rings is 1. The summed E-state index contributed by atoms with van der Waals surface area (Å²) in [4.78, 5) is 11.3. The number of thiophene rings is 1. The van der Waals surface area contributed by atoms with Gasteiger partial charge < -0.3 is 5.11 Å². The van der Waals surface area contributed by atoms with E-state index >= 15 is 0 Å². The zero-order chi connectivity index (χ0) is 15.8. The molecule has 0 bridgehead atoms. The van der Waals surface area contributed by atoms with Crippen LogP contribution in [-0.4, -0.2) is 19.5 Å². The fraction of sp³-hybridized carbons (Fsp3) is 0.0833. The Bertz CT molecular complexity index is 812. The summed E-state index contributed by atoms with van der Waals surface area (Å²) in [6, 6.07) is 5.26. The number of hydrogen-bond donors (Lipinski definition) is 1. The maximum absolute atomic E-state index is 12.4. The predicted octanol–water partition coefficient (Wildman–Crippen LogP) is 4.38. The standard InChI is InChI=1S/C12H7Cl3O4S2/c13-8-4-9(14)10(3-7(8)12(16)17)21(18,19)5-6-1-2-11(15)20-6/h1-4H,5H2,(H,16,17). The summed E-state index contributed by atoms with van der Waals surface area (Å²) in [5.74, 6) is -1.64. The first-order valence-corrected chi connectivity index (χ1v) is 9.00. The molecular formula is C12H7Cl3O4S2. The van der Waals surface area contributed by atoms with Gasteiger partial charge >= 0.3 is 5.97 Å². The molecule has 0 amide bonds. The maximum atomic E-state index is 12.4. The first-order chi connectivity index (χ1) is 9.70. The Kier molecular flexibility index (Phi) is 4.85. The Morgan fingerprint density at radius 3 is 2.33 bits per heavy atom. The smallest absolute Gasteiger partial charge is 0.337 e. The molecule has 4 nitrogen and oxygen atoms in total. The van der Waals surface area contributed by atoms with E-state index in [2.05, 4.69) is 0 Å². The topological polar surface area (TPSA) is 71.4 Å². The molecule has 112 valence electrons. The van der Waals surface area contributed by atoms with E-state index < -0.39 is 15.8 Å². The number of aromatic carboxylic acids is 1. The van der Waals surface area contributed by atoms with Gasteiger partial charge in [-0.1, -0.05) is 34.8 Å². The van der Waals surface area contributed by atoms with Crippen molar-refractivity contribution in [1.82, 2.24) is 0 Å². The Labute approximate surface area is 139 Å². The highest BCUT2D eigenvalue weighted by Crippen LogP contribution is 2.32. The molecule has 1 aromatic heterocycles. The summed E-state index contributed by atoms with van der Waals surface area (Å²) in [5, 5.41) is 8.76. The second-order valence-electron chi connectivity index (χ2n) is 4.03. The molecule has 9 heteroatoms. The molecule has 21 heavy (non-hydrogen) atoms. The van der Waals surface area contributed by atoms with Gasteiger partial charge in [-0.25, -0.2) is 13.2 Å². The van der Waals surface area contributed by atoms with Gasteiger partial charge in [-0.3, -0.25) is 0 Å². The van der Waals surface area contributed by atoms with Gasteiger partial charge in [-0.2, -0.15) is 0 Å². The molecule has 0 atom stereocenters. The molecule has 0 unspecified atom stereocenters. The van der Waals surface area contributed by atoms with Crippen LogP contribution in [0.4, 0.5) is 0 Å². The number of carboxylic acid groups (broad SMARTS) is 1. The summed E-state index contributed by atoms with van der Waals surface area (Å²) in [7, 11) is -3.81. The van der Waals surface area contributed by atoms with Crippen LogP contribution in [0.2, 0.25) is 14.4 Å². The maximum Gasteiger partial charge on any atom is 0.337 e. The van der Waals surface area contributed by atoms with Crippen LogP contribution in [0.25, 0.3) is 0 Å². The molecular weight excluding hydrogens is 379 g/mol. The SMILES string of the molecule is O=C(O)c1cc(S(=O)(=O)Cc2ccc(Cl)s2)c(Cl)cc1Cl. The van der Waals surface area contributed by atoms with Crippen LogP contribution in [-0.2, 0) is 15.6 Å². The summed E-state index contributed by atoms with van der Waals surface area (Å²) in [5.41, 5.74) is -0.316. The number of rotatable bonds is 4. The molecule has 0 saturated heterocycles. The van der Waals surface area contributed by atoms with Crippen molar-refractivity contribution in [2.24, 2.45) is 0 Å². The molecule has 1 heterocycles. The first-order valence-electron chi connectivity index (χ1n) is 5.40. The van der Waals surface area contributed by atoms with Gasteiger partial charge in [0.25, 0.3) is 0 Å². The highest BCUT2D eigenvalue weighted by Gasteiger charge is 2.23. The lowest BCUT2D eigenvalue weighted by atomic mass is 10.2. The second kappa shape index (κ2) is 6.14. The normalized spacial score (nSPS) is 11.6. The minimum Gasteiger partial charge on any atom is -0.478 e. The average Bonchev–Trinajstić information content (AvgIpc) is 2.72. The van der Waals surface area contributed by atoms with Crippen molar-refractivity contribution < 1.29 is 18.3 Å². The van der Waals surface area contributed by atoms with Crippen molar-refractivity contribution in [2.75, 3.05) is 0 Å². The van der Waals surface area contributed by atoms with Crippen LogP contribution in [0.5, 0.6) is 0 Å². The Morgan fingerprint density at radius 2 is 1.81 bits per heavy atom. The van der Waals surface area contributed by atoms with Crippen molar-refractivity contribution >= 4 is 61.9 Å². The van der Waals surface area contributed by atoms with Crippen LogP contribution >= 0.6 is 46.1 Å². The molecule has 1 aromatic carbocycles. The molecule has 2 aromatic rings. The summed E-state index contributed by atoms with van der Waals surface area (Å²) in [6.07, 6.45) is 0. The number of carboxylic acids is 1. The lowest BCUT2D eigenvalue weighted by Crippen LogP contribution is -2.07. The average molecular weight is 386 g/mol. The first kappa shape index (κ1) is 16.6. The van der Waals surface area contributed by atoms with Gasteiger partial charge in [0.15, 0.2) is 9.84 Å². The van der Waals surface area contributed by atoms with E-state index in [-0.39, 0.29) is 26.3 Å². The molecule has 2 rings (SSSR count). The van der Waals surface area contributed by atoms with Gasteiger partial charge in [0.2, 0.25) is 0 Å². The van der Waals surface area contributed by atoms with Gasteiger partial charge in [0, 0.05) is 4.88 Å². The lowest BCUT2D eigenvalue weighted by molar-refractivity contribution is 0.0697. The third kappa shape index (κ3) is 3.70. The fourth-order valence-electron chi connectivity index (χ4n) is 1.63. The van der Waals surface area contributed by atoms with Crippen molar-refractivity contribution in [3.8, 4) is 0 Å². The largest absolute Gasteiger partial charge is 0.478 e. The van der Waals surface area contributed by atoms with E-state index in [4.69, 9.17) is 39.9 Å². The van der Waals surface area contributed by atoms with Crippen molar-refractivity contribution in [3.05, 3.63) is 49.1 Å². The van der Waals surface area contributed by atoms with E-state index in [1.807, 2.05) is 0 Å². The predicted molar refractivity (Wildman–Crippen MR) is 83.6 cm³/mol. The zero-order valence-corrected chi connectivity index (χ0v) is 14.0. The molecule has 0 aliphatic heterocycles. The molecule has 0 aliphatic carbocycles. The van der Waals surface area contributed by atoms with Crippen LogP contribution in [0.15, 0.2) is 29.2 Å². The number of hydrogen-bond acceptors (Lipinski definition) is 4. The molecule has 0 radical (unpaired) electrons. The number of sulfone groups is 1. The number of halogens is 3. The van der Waals surface area contributed by atoms with E-state index in [9.17, 15) is 13.2 Å². The molecule has 0 spiro atoms. The summed E-state index contributed by atoms with van der Waals surface area (Å²) in [6.45, 7) is 0. The highest BCUT2D eigenvalue weighted by atomic mass is 35.5. The quantitative estimate of drug-likeness (QED) is 0.847. The summed E-state index contributed by atoms with van der Waals surface area (Å²) < 4.78 is 25.2. The van der Waals surface area contributed by atoms with Gasteiger partial charge in [0.05, 0.1) is 30.6 Å². The third-order valence-corrected chi connectivity index (χ3v) is 6.40. The van der Waals surface area contributed by atoms with Crippen LogP contribution < -0.4 is 0 Å². The van der Waals surface area contributed by atoms with Gasteiger partial charge in [-0.15, -0.1) is 11.3 Å². The Hall–Kier alpha value is -0.790. The molecule has 1 N–H and O–H groups in total. The molecule has 0 fully saturated rings. The zero-order valence-electron chi connectivity index (χ0n) is 10.1. The number of carbonyl (C=O) groups is 1. The molecule has 0 aliphatic rings. The molecule has 0 saturated carbocycles. The van der Waals surface area contributed by atoms with Crippen molar-refractivity contribution in [3.63, 3.8) is 0 Å². The van der Waals surface area contributed by atoms with E-state index in [1.165, 1.54) is 0 Å². The lowest BCUT2D eigenvalue weighted by Gasteiger charge is -2.08. The Morgan fingerprint density at radius 1 is 1.14 bits per heavy atom. The van der Waals surface area contributed by atoms with Crippen LogP contribution in [0, 0.1) is 0 Å². The minimum atomic E-state index is -3.81. The van der Waals surface area contributed by atoms with E-state index in [0.717, 1.165) is 23.5 Å². The van der Waals surface area contributed by atoms with Crippen molar-refractivity contribution in [1.29, 1.82) is 0 Å². The van der Waals surface area contributed by atoms with Crippen LogP contribution in [0.3, 0.4) is 0 Å². The van der Waals surface area contributed by atoms with Crippen molar-refractivity contribution in [2.45, 2.75) is 10.6 Å². The monoisotopic (exact) mass is 384 g/mol. The minimum absolute atomic E-state index is 0.118. The second-order valence-corrected chi connectivity index (χ2v) is 8.60. The third-order valence-electron chi connectivity index (χ3n) is 2.55. The van der Waals surface area contributed by atoms with Crippen LogP contribution in [0.1, 0.15) is 15.2 Å². The van der Waals surface area contributed by atoms with Gasteiger partial charge in [0.1, 0.15) is 0 Å². The van der Waals surface area contributed by atoms with E-state index in [1.54, 1.807) is 12.1 Å². The van der Waals surface area contributed by atoms with E-state index in [0.29, 0.717) is 9.21 Å². The Balaban J connectivity index is 2.49. The fourth-order valence-corrected chi connectivity index (χ4v) is 5.31. The van der Waals surface area contributed by atoms with Gasteiger partial charge in [-0.05, 0) is 24.3 Å². The summed E-state index contributed by atoms with van der Waals surface area (Å²) >= 11 is 18.5. The highest BCUT2D eigenvalue weighted by molar-refractivity contribution is 7.91.